The molecule has 8 nitrogen and oxygen atoms in total. The number of nitro benzene ring substituents is 1. The second kappa shape index (κ2) is 5.31. The van der Waals surface area contributed by atoms with E-state index in [0.29, 0.717) is 36.1 Å². The highest BCUT2D eigenvalue weighted by atomic mass is 16.6. The zero-order valence-electron chi connectivity index (χ0n) is 11.1. The molecule has 1 saturated heterocycles. The second-order valence-electron chi connectivity index (χ2n) is 4.86. The average Bonchev–Trinajstić information content (AvgIpc) is 2.49. The summed E-state index contributed by atoms with van der Waals surface area (Å²) in [4.78, 5) is 29.9. The van der Waals surface area contributed by atoms with Gasteiger partial charge in [0, 0.05) is 36.5 Å². The Bertz CT molecular complexity index is 708. The SMILES string of the molecule is O=C1CCC(Nc2ncnc3ccc([N+](=O)[O-])cc23)CN1. The van der Waals surface area contributed by atoms with Crippen molar-refractivity contribution in [2.75, 3.05) is 11.9 Å². The van der Waals surface area contributed by atoms with E-state index in [4.69, 9.17) is 0 Å². The largest absolute Gasteiger partial charge is 0.365 e. The van der Waals surface area contributed by atoms with E-state index in [1.54, 1.807) is 6.07 Å². The van der Waals surface area contributed by atoms with Crippen molar-refractivity contribution in [3.8, 4) is 0 Å². The Kier molecular flexibility index (Phi) is 3.35. The standard InChI is InChI=1S/C13H13N5O3/c19-12-4-1-8(6-14-12)17-13-10-5-9(18(20)21)2-3-11(10)15-7-16-13/h2-3,5,7-8H,1,4,6H2,(H,14,19)(H,15,16,17). The van der Waals surface area contributed by atoms with Crippen molar-refractivity contribution < 1.29 is 9.72 Å². The van der Waals surface area contributed by atoms with Crippen LogP contribution in [0.1, 0.15) is 12.8 Å². The predicted octanol–water partition coefficient (Wildman–Crippen LogP) is 1.23. The predicted molar refractivity (Wildman–Crippen MR) is 75.8 cm³/mol. The quantitative estimate of drug-likeness (QED) is 0.649. The lowest BCUT2D eigenvalue weighted by molar-refractivity contribution is -0.384. The van der Waals surface area contributed by atoms with E-state index in [0.717, 1.165) is 0 Å². The number of fused-ring (bicyclic) bond motifs is 1. The number of amides is 1. The molecule has 0 radical (unpaired) electrons. The first-order valence-corrected chi connectivity index (χ1v) is 6.56. The molecule has 21 heavy (non-hydrogen) atoms. The van der Waals surface area contributed by atoms with Crippen LogP contribution in [0, 0.1) is 10.1 Å². The smallest absolute Gasteiger partial charge is 0.270 e. The van der Waals surface area contributed by atoms with Crippen molar-refractivity contribution in [3.05, 3.63) is 34.6 Å². The van der Waals surface area contributed by atoms with Gasteiger partial charge in [0.15, 0.2) is 0 Å². The molecule has 2 heterocycles. The molecule has 2 aromatic rings. The molecule has 2 N–H and O–H groups in total. The summed E-state index contributed by atoms with van der Waals surface area (Å²) in [6, 6.07) is 4.53. The molecule has 0 bridgehead atoms. The van der Waals surface area contributed by atoms with Crippen LogP contribution in [0.3, 0.4) is 0 Å². The minimum Gasteiger partial charge on any atom is -0.365 e. The maximum Gasteiger partial charge on any atom is 0.270 e. The first-order valence-electron chi connectivity index (χ1n) is 6.56. The Hall–Kier alpha value is -2.77. The monoisotopic (exact) mass is 287 g/mol. The number of piperidine rings is 1. The van der Waals surface area contributed by atoms with Crippen molar-refractivity contribution in [1.29, 1.82) is 0 Å². The summed E-state index contributed by atoms with van der Waals surface area (Å²) < 4.78 is 0. The molecule has 1 unspecified atom stereocenters. The van der Waals surface area contributed by atoms with Gasteiger partial charge >= 0.3 is 0 Å². The number of rotatable bonds is 3. The Morgan fingerprint density at radius 3 is 2.95 bits per heavy atom. The highest BCUT2D eigenvalue weighted by molar-refractivity contribution is 5.90. The van der Waals surface area contributed by atoms with E-state index in [2.05, 4.69) is 20.6 Å². The molecule has 1 fully saturated rings. The van der Waals surface area contributed by atoms with Crippen molar-refractivity contribution in [3.63, 3.8) is 0 Å². The van der Waals surface area contributed by atoms with E-state index in [1.807, 2.05) is 0 Å². The molecular weight excluding hydrogens is 274 g/mol. The number of anilines is 1. The van der Waals surface area contributed by atoms with Crippen LogP contribution >= 0.6 is 0 Å². The van der Waals surface area contributed by atoms with Gasteiger partial charge in [-0.25, -0.2) is 9.97 Å². The first kappa shape index (κ1) is 13.2. The maximum absolute atomic E-state index is 11.2. The molecule has 0 aliphatic carbocycles. The summed E-state index contributed by atoms with van der Waals surface area (Å²) in [7, 11) is 0. The van der Waals surface area contributed by atoms with Crippen molar-refractivity contribution in [2.24, 2.45) is 0 Å². The fourth-order valence-electron chi connectivity index (χ4n) is 2.32. The van der Waals surface area contributed by atoms with Crippen LogP contribution in [0.15, 0.2) is 24.5 Å². The van der Waals surface area contributed by atoms with Gasteiger partial charge in [0.2, 0.25) is 5.91 Å². The topological polar surface area (TPSA) is 110 Å². The molecule has 1 aliphatic rings. The third kappa shape index (κ3) is 2.73. The molecule has 3 rings (SSSR count). The summed E-state index contributed by atoms with van der Waals surface area (Å²) in [6.07, 6.45) is 2.57. The Labute approximate surface area is 119 Å². The van der Waals surface area contributed by atoms with Gasteiger partial charge in [-0.15, -0.1) is 0 Å². The molecular formula is C13H13N5O3. The lowest BCUT2D eigenvalue weighted by atomic mass is 10.1. The molecule has 1 amide bonds. The molecule has 1 atom stereocenters. The van der Waals surface area contributed by atoms with Gasteiger partial charge in [-0.2, -0.15) is 0 Å². The van der Waals surface area contributed by atoms with E-state index >= 15 is 0 Å². The van der Waals surface area contributed by atoms with Gasteiger partial charge in [-0.05, 0) is 12.5 Å². The van der Waals surface area contributed by atoms with Gasteiger partial charge in [0.1, 0.15) is 12.1 Å². The number of non-ortho nitro benzene ring substituents is 1. The number of benzene rings is 1. The fourth-order valence-corrected chi connectivity index (χ4v) is 2.32. The summed E-state index contributed by atoms with van der Waals surface area (Å²) in [6.45, 7) is 0.513. The van der Waals surface area contributed by atoms with Crippen LogP contribution in [0.25, 0.3) is 10.9 Å². The normalized spacial score (nSPS) is 18.3. The van der Waals surface area contributed by atoms with Crippen molar-refractivity contribution in [2.45, 2.75) is 18.9 Å². The number of nitrogens with one attached hydrogen (secondary N) is 2. The van der Waals surface area contributed by atoms with Crippen molar-refractivity contribution >= 4 is 28.3 Å². The molecule has 0 saturated carbocycles. The molecule has 1 aromatic carbocycles. The fraction of sp³-hybridized carbons (Fsp3) is 0.308. The molecule has 1 aliphatic heterocycles. The summed E-state index contributed by atoms with van der Waals surface area (Å²) >= 11 is 0. The van der Waals surface area contributed by atoms with Crippen LogP contribution in [0.2, 0.25) is 0 Å². The van der Waals surface area contributed by atoms with Gasteiger partial charge in [-0.3, -0.25) is 14.9 Å². The van der Waals surface area contributed by atoms with Crippen LogP contribution in [0.5, 0.6) is 0 Å². The van der Waals surface area contributed by atoms with Crippen LogP contribution in [-0.2, 0) is 4.79 Å². The summed E-state index contributed by atoms with van der Waals surface area (Å²) in [5.74, 6) is 0.584. The van der Waals surface area contributed by atoms with E-state index in [1.165, 1.54) is 18.5 Å². The number of aromatic nitrogens is 2. The number of carbonyl (C=O) groups is 1. The molecule has 0 spiro atoms. The Balaban J connectivity index is 1.92. The summed E-state index contributed by atoms with van der Waals surface area (Å²) in [5.41, 5.74) is 0.634. The minimum absolute atomic E-state index is 0.00250. The maximum atomic E-state index is 11.2. The highest BCUT2D eigenvalue weighted by Gasteiger charge is 2.19. The van der Waals surface area contributed by atoms with E-state index < -0.39 is 4.92 Å². The third-order valence-corrected chi connectivity index (χ3v) is 3.44. The molecule has 108 valence electrons. The third-order valence-electron chi connectivity index (χ3n) is 3.44. The Morgan fingerprint density at radius 2 is 2.24 bits per heavy atom. The highest BCUT2D eigenvalue weighted by Crippen LogP contribution is 2.25. The lowest BCUT2D eigenvalue weighted by Gasteiger charge is -2.24. The van der Waals surface area contributed by atoms with Crippen LogP contribution in [0.4, 0.5) is 11.5 Å². The van der Waals surface area contributed by atoms with Crippen molar-refractivity contribution in [1.82, 2.24) is 15.3 Å². The van der Waals surface area contributed by atoms with Gasteiger partial charge < -0.3 is 10.6 Å². The number of hydrogen-bond acceptors (Lipinski definition) is 6. The number of carbonyl (C=O) groups excluding carboxylic acids is 1. The number of nitro groups is 1. The second-order valence-corrected chi connectivity index (χ2v) is 4.86. The lowest BCUT2D eigenvalue weighted by Crippen LogP contribution is -2.42. The number of hydrogen-bond donors (Lipinski definition) is 2. The van der Waals surface area contributed by atoms with Gasteiger partial charge in [0.05, 0.1) is 10.4 Å². The average molecular weight is 287 g/mol. The molecule has 8 heteroatoms. The molecule has 1 aromatic heterocycles. The van der Waals surface area contributed by atoms with Gasteiger partial charge in [0.25, 0.3) is 5.69 Å². The van der Waals surface area contributed by atoms with E-state index in [-0.39, 0.29) is 17.6 Å². The first-order chi connectivity index (χ1) is 10.1. The Morgan fingerprint density at radius 1 is 1.38 bits per heavy atom. The van der Waals surface area contributed by atoms with Crippen LogP contribution in [-0.4, -0.2) is 33.4 Å². The van der Waals surface area contributed by atoms with Crippen LogP contribution < -0.4 is 10.6 Å². The van der Waals surface area contributed by atoms with Gasteiger partial charge in [-0.1, -0.05) is 0 Å². The van der Waals surface area contributed by atoms with E-state index in [9.17, 15) is 14.9 Å². The minimum atomic E-state index is -0.447. The zero-order chi connectivity index (χ0) is 14.8. The zero-order valence-corrected chi connectivity index (χ0v) is 11.1. The number of nitrogens with zero attached hydrogens (tertiary/aromatic N) is 3. The summed E-state index contributed by atoms with van der Waals surface area (Å²) in [5, 5.41) is 17.5.